The molecule has 0 aromatic rings. The van der Waals surface area contributed by atoms with Gasteiger partial charge in [-0.05, 0) is 24.8 Å². The molecule has 0 aromatic heterocycles. The molecule has 0 saturated carbocycles. The summed E-state index contributed by atoms with van der Waals surface area (Å²) in [6.07, 6.45) is 0.749. The van der Waals surface area contributed by atoms with Crippen LogP contribution >= 0.6 is 0 Å². The highest BCUT2D eigenvalue weighted by Gasteiger charge is 2.29. The maximum Gasteiger partial charge on any atom is 0.224 e. The first kappa shape index (κ1) is 12.5. The Morgan fingerprint density at radius 3 is 2.87 bits per heavy atom. The quantitative estimate of drug-likeness (QED) is 0.602. The normalized spacial score (nSPS) is 27.7. The fraction of sp³-hybridized carbons (Fsp3) is 0.909. The highest BCUT2D eigenvalue weighted by Crippen LogP contribution is 2.15. The molecule has 0 radical (unpaired) electrons. The lowest BCUT2D eigenvalue weighted by Gasteiger charge is -2.16. The third-order valence-electron chi connectivity index (χ3n) is 3.10. The fourth-order valence-electron chi connectivity index (χ4n) is 1.89. The molecule has 1 heterocycles. The molecule has 0 bridgehead atoms. The number of aliphatic hydroxyl groups excluding tert-OH is 1. The zero-order valence-electron chi connectivity index (χ0n) is 9.62. The van der Waals surface area contributed by atoms with Crippen molar-refractivity contribution >= 4 is 5.91 Å². The van der Waals surface area contributed by atoms with Crippen molar-refractivity contribution in [3.63, 3.8) is 0 Å². The van der Waals surface area contributed by atoms with E-state index < -0.39 is 0 Å². The second kappa shape index (κ2) is 6.08. The SMILES string of the molecule is CC(CCO)CNC(=O)[C@@H]1CNC[C@H]1C. The van der Waals surface area contributed by atoms with E-state index in [4.69, 9.17) is 5.11 Å². The summed E-state index contributed by atoms with van der Waals surface area (Å²) in [5.41, 5.74) is 0. The lowest BCUT2D eigenvalue weighted by molar-refractivity contribution is -0.125. The van der Waals surface area contributed by atoms with Gasteiger partial charge in [-0.1, -0.05) is 13.8 Å². The van der Waals surface area contributed by atoms with Crippen molar-refractivity contribution in [1.82, 2.24) is 10.6 Å². The van der Waals surface area contributed by atoms with Crippen LogP contribution in [0.15, 0.2) is 0 Å². The van der Waals surface area contributed by atoms with Crippen LogP contribution in [-0.4, -0.2) is 37.3 Å². The zero-order chi connectivity index (χ0) is 11.3. The number of hydrogen-bond donors (Lipinski definition) is 3. The molecule has 1 fully saturated rings. The van der Waals surface area contributed by atoms with Crippen LogP contribution in [0, 0.1) is 17.8 Å². The topological polar surface area (TPSA) is 61.4 Å². The number of hydrogen-bond acceptors (Lipinski definition) is 3. The largest absolute Gasteiger partial charge is 0.396 e. The van der Waals surface area contributed by atoms with Gasteiger partial charge in [0.1, 0.15) is 0 Å². The lowest BCUT2D eigenvalue weighted by Crippen LogP contribution is -2.36. The van der Waals surface area contributed by atoms with Gasteiger partial charge in [-0.15, -0.1) is 0 Å². The van der Waals surface area contributed by atoms with Crippen LogP contribution in [0.5, 0.6) is 0 Å². The highest BCUT2D eigenvalue weighted by atomic mass is 16.3. The van der Waals surface area contributed by atoms with E-state index in [9.17, 15) is 4.79 Å². The van der Waals surface area contributed by atoms with Crippen molar-refractivity contribution in [3.8, 4) is 0 Å². The standard InChI is InChI=1S/C11H22N2O2/c1-8(3-4-14)5-13-11(15)10-7-12-6-9(10)2/h8-10,12,14H,3-7H2,1-2H3,(H,13,15)/t8?,9-,10-/m1/s1. The molecule has 3 N–H and O–H groups in total. The Bertz CT molecular complexity index is 209. The second-order valence-corrected chi connectivity index (χ2v) is 4.60. The fourth-order valence-corrected chi connectivity index (χ4v) is 1.89. The second-order valence-electron chi connectivity index (χ2n) is 4.60. The van der Waals surface area contributed by atoms with Gasteiger partial charge in [0.25, 0.3) is 0 Å². The molecule has 0 spiro atoms. The summed E-state index contributed by atoms with van der Waals surface area (Å²) >= 11 is 0. The molecule has 15 heavy (non-hydrogen) atoms. The number of amides is 1. The van der Waals surface area contributed by atoms with E-state index in [0.29, 0.717) is 18.4 Å². The molecule has 0 aliphatic carbocycles. The molecule has 1 rings (SSSR count). The Labute approximate surface area is 91.4 Å². The van der Waals surface area contributed by atoms with E-state index >= 15 is 0 Å². The average molecular weight is 214 g/mol. The summed E-state index contributed by atoms with van der Waals surface area (Å²) in [5.74, 6) is 1.05. The average Bonchev–Trinajstić information content (AvgIpc) is 2.61. The van der Waals surface area contributed by atoms with Gasteiger partial charge in [0.2, 0.25) is 5.91 Å². The lowest BCUT2D eigenvalue weighted by atomic mass is 9.97. The maximum atomic E-state index is 11.8. The Kier molecular flexibility index (Phi) is 5.05. The molecule has 3 atom stereocenters. The van der Waals surface area contributed by atoms with E-state index in [0.717, 1.165) is 19.5 Å². The van der Waals surface area contributed by atoms with Crippen molar-refractivity contribution in [3.05, 3.63) is 0 Å². The van der Waals surface area contributed by atoms with Gasteiger partial charge in [-0.2, -0.15) is 0 Å². The van der Waals surface area contributed by atoms with Crippen molar-refractivity contribution < 1.29 is 9.90 Å². The number of carbonyl (C=O) groups excluding carboxylic acids is 1. The van der Waals surface area contributed by atoms with Crippen LogP contribution in [0.2, 0.25) is 0 Å². The number of aliphatic hydroxyl groups is 1. The van der Waals surface area contributed by atoms with E-state index in [1.807, 2.05) is 6.92 Å². The molecule has 1 saturated heterocycles. The number of rotatable bonds is 5. The Morgan fingerprint density at radius 1 is 1.60 bits per heavy atom. The minimum Gasteiger partial charge on any atom is -0.396 e. The van der Waals surface area contributed by atoms with Crippen molar-refractivity contribution in [2.75, 3.05) is 26.2 Å². The maximum absolute atomic E-state index is 11.8. The molecule has 4 nitrogen and oxygen atoms in total. The summed E-state index contributed by atoms with van der Waals surface area (Å²) in [5, 5.41) is 14.9. The van der Waals surface area contributed by atoms with Crippen LogP contribution < -0.4 is 10.6 Å². The third kappa shape index (κ3) is 3.80. The van der Waals surface area contributed by atoms with Gasteiger partial charge < -0.3 is 15.7 Å². The predicted octanol–water partition coefficient (Wildman–Crippen LogP) is -0.0234. The summed E-state index contributed by atoms with van der Waals surface area (Å²) in [7, 11) is 0. The van der Waals surface area contributed by atoms with Crippen LogP contribution in [0.4, 0.5) is 0 Å². The Balaban J connectivity index is 2.23. The molecule has 88 valence electrons. The first-order valence-electron chi connectivity index (χ1n) is 5.74. The predicted molar refractivity (Wildman–Crippen MR) is 59.4 cm³/mol. The van der Waals surface area contributed by atoms with Gasteiger partial charge in [-0.25, -0.2) is 0 Å². The summed E-state index contributed by atoms with van der Waals surface area (Å²) in [6.45, 7) is 6.72. The first-order valence-corrected chi connectivity index (χ1v) is 5.74. The van der Waals surface area contributed by atoms with E-state index in [-0.39, 0.29) is 18.4 Å². The molecule has 0 aromatic carbocycles. The van der Waals surface area contributed by atoms with Gasteiger partial charge in [-0.3, -0.25) is 4.79 Å². The van der Waals surface area contributed by atoms with Gasteiger partial charge in [0.15, 0.2) is 0 Å². The molecule has 1 aliphatic heterocycles. The molecule has 1 unspecified atom stereocenters. The molecular formula is C11H22N2O2. The smallest absolute Gasteiger partial charge is 0.224 e. The van der Waals surface area contributed by atoms with Crippen LogP contribution in [0.1, 0.15) is 20.3 Å². The van der Waals surface area contributed by atoms with E-state index in [1.165, 1.54) is 0 Å². The molecule has 1 aliphatic rings. The number of carbonyl (C=O) groups is 1. The summed E-state index contributed by atoms with van der Waals surface area (Å²) in [4.78, 5) is 11.8. The minimum absolute atomic E-state index is 0.117. The van der Waals surface area contributed by atoms with Crippen molar-refractivity contribution in [1.29, 1.82) is 0 Å². The van der Waals surface area contributed by atoms with E-state index in [1.54, 1.807) is 0 Å². The highest BCUT2D eigenvalue weighted by molar-refractivity contribution is 5.79. The van der Waals surface area contributed by atoms with Gasteiger partial charge in [0, 0.05) is 19.7 Å². The van der Waals surface area contributed by atoms with Crippen LogP contribution in [0.25, 0.3) is 0 Å². The minimum atomic E-state index is 0.117. The van der Waals surface area contributed by atoms with Gasteiger partial charge >= 0.3 is 0 Å². The zero-order valence-corrected chi connectivity index (χ0v) is 9.62. The third-order valence-corrected chi connectivity index (χ3v) is 3.10. The van der Waals surface area contributed by atoms with Crippen LogP contribution in [0.3, 0.4) is 0 Å². The molecular weight excluding hydrogens is 192 g/mol. The monoisotopic (exact) mass is 214 g/mol. The molecule has 1 amide bonds. The Hall–Kier alpha value is -0.610. The first-order chi connectivity index (χ1) is 7.15. The van der Waals surface area contributed by atoms with Crippen molar-refractivity contribution in [2.45, 2.75) is 20.3 Å². The van der Waals surface area contributed by atoms with Crippen molar-refractivity contribution in [2.24, 2.45) is 17.8 Å². The Morgan fingerprint density at radius 2 is 2.33 bits per heavy atom. The summed E-state index contributed by atoms with van der Waals surface area (Å²) in [6, 6.07) is 0. The van der Waals surface area contributed by atoms with Crippen LogP contribution in [-0.2, 0) is 4.79 Å². The molecule has 4 heteroatoms. The summed E-state index contributed by atoms with van der Waals surface area (Å²) < 4.78 is 0. The number of nitrogens with one attached hydrogen (secondary N) is 2. The van der Waals surface area contributed by atoms with Gasteiger partial charge in [0.05, 0.1) is 5.92 Å². The van der Waals surface area contributed by atoms with E-state index in [2.05, 4.69) is 17.6 Å².